The molecule has 0 radical (unpaired) electrons. The van der Waals surface area contributed by atoms with Crippen LogP contribution in [0.25, 0.3) is 32.0 Å². The number of hydrogen-bond acceptors (Lipinski definition) is 5. The first-order valence-corrected chi connectivity index (χ1v) is 10.2. The number of anilines is 1. The number of rotatable bonds is 4. The largest absolute Gasteiger partial charge is 0.368 e. The van der Waals surface area contributed by atoms with Crippen molar-refractivity contribution in [2.45, 2.75) is 6.42 Å². The third-order valence-corrected chi connectivity index (χ3v) is 5.94. The average molecular weight is 395 g/mol. The second kappa shape index (κ2) is 7.45. The number of aromatic nitrogens is 3. The number of pyridine rings is 1. The highest BCUT2D eigenvalue weighted by Gasteiger charge is 2.19. The molecule has 2 N–H and O–H groups in total. The van der Waals surface area contributed by atoms with Crippen LogP contribution in [0.3, 0.4) is 0 Å². The van der Waals surface area contributed by atoms with E-state index in [2.05, 4.69) is 57.4 Å². The van der Waals surface area contributed by atoms with Gasteiger partial charge in [-0.2, -0.15) is 0 Å². The van der Waals surface area contributed by atoms with E-state index in [-0.39, 0.29) is 5.95 Å². The lowest BCUT2D eigenvalue weighted by molar-refractivity contribution is 1.08. The molecule has 0 aliphatic carbocycles. The lowest BCUT2D eigenvalue weighted by Gasteiger charge is -2.13. The smallest absolute Gasteiger partial charge is 0.221 e. The summed E-state index contributed by atoms with van der Waals surface area (Å²) in [4.78, 5) is 14.9. The molecule has 0 spiro atoms. The fourth-order valence-electron chi connectivity index (χ4n) is 3.49. The highest BCUT2D eigenvalue weighted by atomic mass is 32.1. The van der Waals surface area contributed by atoms with Crippen LogP contribution < -0.4 is 5.73 Å². The first-order valence-electron chi connectivity index (χ1n) is 9.38. The van der Waals surface area contributed by atoms with Crippen LogP contribution in [0, 0.1) is 0 Å². The number of thiophene rings is 1. The summed E-state index contributed by atoms with van der Waals surface area (Å²) in [6.45, 7) is 0. The van der Waals surface area contributed by atoms with Gasteiger partial charge in [-0.15, -0.1) is 11.3 Å². The summed E-state index contributed by atoms with van der Waals surface area (Å²) in [5, 5.41) is 1.20. The maximum atomic E-state index is 6.15. The van der Waals surface area contributed by atoms with E-state index in [4.69, 9.17) is 5.73 Å². The van der Waals surface area contributed by atoms with Crippen molar-refractivity contribution in [3.63, 3.8) is 0 Å². The molecule has 0 fully saturated rings. The Morgan fingerprint density at radius 2 is 1.55 bits per heavy atom. The highest BCUT2D eigenvalue weighted by Crippen LogP contribution is 2.37. The molecule has 5 rings (SSSR count). The minimum atomic E-state index is 0.259. The van der Waals surface area contributed by atoms with Crippen molar-refractivity contribution in [1.82, 2.24) is 15.0 Å². The Hall–Kier alpha value is -3.57. The molecule has 3 heterocycles. The first kappa shape index (κ1) is 17.5. The van der Waals surface area contributed by atoms with Crippen molar-refractivity contribution >= 4 is 27.4 Å². The quantitative estimate of drug-likeness (QED) is 0.431. The molecule has 4 nitrogen and oxygen atoms in total. The van der Waals surface area contributed by atoms with Gasteiger partial charge in [0.15, 0.2) is 0 Å². The Bertz CT molecular complexity index is 1250. The van der Waals surface area contributed by atoms with Gasteiger partial charge in [-0.1, -0.05) is 54.6 Å². The summed E-state index contributed by atoms with van der Waals surface area (Å²) in [5.74, 6) is 0.259. The molecular weight excluding hydrogens is 376 g/mol. The standard InChI is InChI=1S/C24H18N4S/c25-24-27-22(19-11-6-7-13-26-19)18(14-16-8-2-1-3-9-16)23(28-24)21-15-17-10-4-5-12-20(17)29-21/h1-13,15H,14H2,(H2,25,27,28). The van der Waals surface area contributed by atoms with Gasteiger partial charge in [-0.25, -0.2) is 9.97 Å². The topological polar surface area (TPSA) is 64.7 Å². The number of hydrogen-bond donors (Lipinski definition) is 1. The zero-order valence-corrected chi connectivity index (χ0v) is 16.4. The predicted octanol–water partition coefficient (Wildman–Crippen LogP) is 5.59. The maximum absolute atomic E-state index is 6.15. The van der Waals surface area contributed by atoms with E-state index in [0.29, 0.717) is 6.42 Å². The molecule has 140 valence electrons. The summed E-state index contributed by atoms with van der Waals surface area (Å²) in [6.07, 6.45) is 2.48. The first-order chi connectivity index (χ1) is 14.3. The molecule has 0 amide bonds. The van der Waals surface area contributed by atoms with Gasteiger partial charge >= 0.3 is 0 Å². The summed E-state index contributed by atoms with van der Waals surface area (Å²) in [6, 6.07) is 26.7. The van der Waals surface area contributed by atoms with Crippen LogP contribution in [-0.4, -0.2) is 15.0 Å². The Labute approximate surface area is 172 Å². The van der Waals surface area contributed by atoms with Gasteiger partial charge < -0.3 is 5.73 Å². The number of fused-ring (bicyclic) bond motifs is 1. The zero-order valence-electron chi connectivity index (χ0n) is 15.6. The second-order valence-corrected chi connectivity index (χ2v) is 7.87. The van der Waals surface area contributed by atoms with E-state index in [9.17, 15) is 0 Å². The van der Waals surface area contributed by atoms with Crippen LogP contribution in [0.15, 0.2) is 85.1 Å². The fraction of sp³-hybridized carbons (Fsp3) is 0.0417. The third-order valence-electron chi connectivity index (χ3n) is 4.81. The van der Waals surface area contributed by atoms with E-state index in [0.717, 1.165) is 27.5 Å². The summed E-state index contributed by atoms with van der Waals surface area (Å²) in [5.41, 5.74) is 10.8. The van der Waals surface area contributed by atoms with Gasteiger partial charge in [0.1, 0.15) is 0 Å². The normalized spacial score (nSPS) is 11.0. The van der Waals surface area contributed by atoms with Gasteiger partial charge in [0.05, 0.1) is 22.0 Å². The van der Waals surface area contributed by atoms with Crippen molar-refractivity contribution in [2.75, 3.05) is 5.73 Å². The molecule has 0 atom stereocenters. The summed E-state index contributed by atoms with van der Waals surface area (Å²) < 4.78 is 1.23. The average Bonchev–Trinajstić information content (AvgIpc) is 3.20. The molecule has 3 aromatic heterocycles. The molecule has 5 aromatic rings. The number of nitrogens with two attached hydrogens (primary N) is 1. The van der Waals surface area contributed by atoms with Crippen molar-refractivity contribution in [3.05, 3.63) is 96.2 Å². The van der Waals surface area contributed by atoms with Crippen molar-refractivity contribution in [3.8, 4) is 22.0 Å². The summed E-state index contributed by atoms with van der Waals surface area (Å²) >= 11 is 1.72. The molecule has 0 aliphatic rings. The minimum Gasteiger partial charge on any atom is -0.368 e. The molecule has 5 heteroatoms. The van der Waals surface area contributed by atoms with Gasteiger partial charge in [-0.05, 0) is 35.2 Å². The van der Waals surface area contributed by atoms with E-state index < -0.39 is 0 Å². The van der Waals surface area contributed by atoms with Gasteiger partial charge in [0, 0.05) is 22.9 Å². The minimum absolute atomic E-state index is 0.259. The van der Waals surface area contributed by atoms with Crippen LogP contribution in [0.4, 0.5) is 5.95 Å². The lowest BCUT2D eigenvalue weighted by atomic mass is 9.99. The van der Waals surface area contributed by atoms with Crippen LogP contribution >= 0.6 is 11.3 Å². The second-order valence-electron chi connectivity index (χ2n) is 6.78. The Morgan fingerprint density at radius 3 is 2.34 bits per heavy atom. The molecule has 0 bridgehead atoms. The Kier molecular flexibility index (Phi) is 4.50. The molecule has 0 saturated heterocycles. The number of nitrogen functional groups attached to an aromatic ring is 1. The lowest BCUT2D eigenvalue weighted by Crippen LogP contribution is -2.06. The maximum Gasteiger partial charge on any atom is 0.221 e. The molecule has 0 saturated carbocycles. The Morgan fingerprint density at radius 1 is 0.793 bits per heavy atom. The molecule has 0 unspecified atom stereocenters. The van der Waals surface area contributed by atoms with E-state index in [1.54, 1.807) is 17.5 Å². The predicted molar refractivity (Wildman–Crippen MR) is 120 cm³/mol. The Balaban J connectivity index is 1.75. The molecule has 2 aromatic carbocycles. The highest BCUT2D eigenvalue weighted by molar-refractivity contribution is 7.22. The van der Waals surface area contributed by atoms with Crippen molar-refractivity contribution in [1.29, 1.82) is 0 Å². The fourth-order valence-corrected chi connectivity index (χ4v) is 4.57. The van der Waals surface area contributed by atoms with Gasteiger partial charge in [0.25, 0.3) is 0 Å². The van der Waals surface area contributed by atoms with E-state index in [1.165, 1.54) is 15.6 Å². The van der Waals surface area contributed by atoms with Crippen molar-refractivity contribution < 1.29 is 0 Å². The third kappa shape index (κ3) is 3.48. The molecule has 0 aliphatic heterocycles. The van der Waals surface area contributed by atoms with E-state index >= 15 is 0 Å². The zero-order chi connectivity index (χ0) is 19.6. The van der Waals surface area contributed by atoms with Crippen LogP contribution in [0.2, 0.25) is 0 Å². The number of benzene rings is 2. The van der Waals surface area contributed by atoms with Gasteiger partial charge in [-0.3, -0.25) is 4.98 Å². The SMILES string of the molecule is Nc1nc(-c2ccccn2)c(Cc2ccccc2)c(-c2cc3ccccc3s2)n1. The van der Waals surface area contributed by atoms with Crippen molar-refractivity contribution in [2.24, 2.45) is 0 Å². The van der Waals surface area contributed by atoms with Crippen LogP contribution in [-0.2, 0) is 6.42 Å². The molecule has 29 heavy (non-hydrogen) atoms. The monoisotopic (exact) mass is 394 g/mol. The number of nitrogens with zero attached hydrogens (tertiary/aromatic N) is 3. The van der Waals surface area contributed by atoms with E-state index in [1.807, 2.05) is 36.4 Å². The molecular formula is C24H18N4S. The van der Waals surface area contributed by atoms with Gasteiger partial charge in [0.2, 0.25) is 5.95 Å². The van der Waals surface area contributed by atoms with Crippen LogP contribution in [0.5, 0.6) is 0 Å². The van der Waals surface area contributed by atoms with Crippen LogP contribution in [0.1, 0.15) is 11.1 Å². The summed E-state index contributed by atoms with van der Waals surface area (Å²) in [7, 11) is 0.